The van der Waals surface area contributed by atoms with Crippen LogP contribution in [0.3, 0.4) is 0 Å². The van der Waals surface area contributed by atoms with Gasteiger partial charge in [0.25, 0.3) is 11.8 Å². The maximum Gasteiger partial charge on any atom is 0.267 e. The molecule has 0 atom stereocenters. The number of thioether (sulfide) groups is 1. The SMILES string of the molecule is CCOCCCN1C(=O)C(SCc2ccco2)=C(c2ccc(C)cc2)C1=O. The third-order valence-electron chi connectivity index (χ3n) is 4.28. The molecular formula is C21H23NO4S. The Morgan fingerprint density at radius 3 is 2.56 bits per heavy atom. The molecular weight excluding hydrogens is 362 g/mol. The minimum Gasteiger partial charge on any atom is -0.468 e. The van der Waals surface area contributed by atoms with Crippen LogP contribution in [0.15, 0.2) is 52.0 Å². The van der Waals surface area contributed by atoms with Crippen LogP contribution in [0.25, 0.3) is 5.57 Å². The Balaban J connectivity index is 1.84. The first kappa shape index (κ1) is 19.5. The number of imide groups is 1. The monoisotopic (exact) mass is 385 g/mol. The summed E-state index contributed by atoms with van der Waals surface area (Å²) in [6, 6.07) is 11.4. The molecule has 1 aliphatic heterocycles. The van der Waals surface area contributed by atoms with E-state index in [4.69, 9.17) is 9.15 Å². The molecule has 0 spiro atoms. The topological polar surface area (TPSA) is 59.8 Å². The molecule has 2 heterocycles. The smallest absolute Gasteiger partial charge is 0.267 e. The Morgan fingerprint density at radius 1 is 1.11 bits per heavy atom. The fourth-order valence-corrected chi connectivity index (χ4v) is 3.91. The van der Waals surface area contributed by atoms with E-state index in [0.29, 0.717) is 42.4 Å². The van der Waals surface area contributed by atoms with Crippen LogP contribution >= 0.6 is 11.8 Å². The summed E-state index contributed by atoms with van der Waals surface area (Å²) in [6.45, 7) is 5.43. The summed E-state index contributed by atoms with van der Waals surface area (Å²) < 4.78 is 10.7. The maximum absolute atomic E-state index is 13.0. The van der Waals surface area contributed by atoms with Crippen LogP contribution in [0, 0.1) is 6.92 Å². The average Bonchev–Trinajstić information content (AvgIpc) is 3.26. The molecule has 2 aromatic rings. The minimum atomic E-state index is -0.234. The van der Waals surface area contributed by atoms with Gasteiger partial charge in [-0.15, -0.1) is 11.8 Å². The van der Waals surface area contributed by atoms with E-state index in [1.165, 1.54) is 16.7 Å². The first-order valence-corrected chi connectivity index (χ1v) is 10.0. The Hall–Kier alpha value is -2.31. The third kappa shape index (κ3) is 4.51. The molecule has 1 aromatic carbocycles. The quantitative estimate of drug-likeness (QED) is 0.482. The lowest BCUT2D eigenvalue weighted by atomic mass is 10.0. The van der Waals surface area contributed by atoms with E-state index in [0.717, 1.165) is 16.9 Å². The number of hydrogen-bond acceptors (Lipinski definition) is 5. The van der Waals surface area contributed by atoms with Crippen molar-refractivity contribution >= 4 is 29.1 Å². The summed E-state index contributed by atoms with van der Waals surface area (Å²) >= 11 is 1.35. The second-order valence-electron chi connectivity index (χ2n) is 6.25. The number of furan rings is 1. The van der Waals surface area contributed by atoms with E-state index in [1.807, 2.05) is 50.2 Å². The molecule has 0 bridgehead atoms. The van der Waals surface area contributed by atoms with Gasteiger partial charge in [-0.25, -0.2) is 0 Å². The first-order chi connectivity index (χ1) is 13.1. The molecule has 142 valence electrons. The standard InChI is InChI=1S/C21H23NO4S/c1-3-25-12-5-11-22-20(23)18(16-9-7-15(2)8-10-16)19(21(22)24)27-14-17-6-4-13-26-17/h4,6-10,13H,3,5,11-12,14H2,1-2H3. The van der Waals surface area contributed by atoms with Gasteiger partial charge < -0.3 is 9.15 Å². The van der Waals surface area contributed by atoms with Crippen molar-refractivity contribution in [3.63, 3.8) is 0 Å². The van der Waals surface area contributed by atoms with Crippen molar-refractivity contribution in [1.82, 2.24) is 4.90 Å². The predicted octanol–water partition coefficient (Wildman–Crippen LogP) is 4.03. The zero-order valence-corrected chi connectivity index (χ0v) is 16.4. The lowest BCUT2D eigenvalue weighted by molar-refractivity contribution is -0.136. The van der Waals surface area contributed by atoms with Gasteiger partial charge in [0.15, 0.2) is 0 Å². The minimum absolute atomic E-state index is 0.233. The summed E-state index contributed by atoms with van der Waals surface area (Å²) in [6.07, 6.45) is 2.23. The van der Waals surface area contributed by atoms with E-state index < -0.39 is 0 Å². The Bertz CT molecular complexity index is 824. The van der Waals surface area contributed by atoms with Crippen LogP contribution < -0.4 is 0 Å². The highest BCUT2D eigenvalue weighted by Crippen LogP contribution is 2.37. The van der Waals surface area contributed by atoms with Crippen molar-refractivity contribution in [1.29, 1.82) is 0 Å². The lowest BCUT2D eigenvalue weighted by Crippen LogP contribution is -2.33. The summed E-state index contributed by atoms with van der Waals surface area (Å²) in [4.78, 5) is 27.8. The summed E-state index contributed by atoms with van der Waals surface area (Å²) in [5.41, 5.74) is 2.36. The molecule has 5 nitrogen and oxygen atoms in total. The number of aryl methyl sites for hydroxylation is 1. The molecule has 2 amide bonds. The van der Waals surface area contributed by atoms with Crippen molar-refractivity contribution in [3.8, 4) is 0 Å². The highest BCUT2D eigenvalue weighted by Gasteiger charge is 2.38. The van der Waals surface area contributed by atoms with Crippen LogP contribution in [-0.4, -0.2) is 36.5 Å². The Kier molecular flexibility index (Phi) is 6.53. The molecule has 1 aromatic heterocycles. The molecule has 0 fully saturated rings. The number of nitrogens with zero attached hydrogens (tertiary/aromatic N) is 1. The fourth-order valence-electron chi connectivity index (χ4n) is 2.87. The van der Waals surface area contributed by atoms with E-state index in [2.05, 4.69) is 0 Å². The number of rotatable bonds is 9. The average molecular weight is 385 g/mol. The van der Waals surface area contributed by atoms with E-state index in [-0.39, 0.29) is 11.8 Å². The zero-order chi connectivity index (χ0) is 19.2. The van der Waals surface area contributed by atoms with Crippen molar-refractivity contribution in [2.75, 3.05) is 19.8 Å². The summed E-state index contributed by atoms with van der Waals surface area (Å²) in [5.74, 6) is 0.806. The van der Waals surface area contributed by atoms with Gasteiger partial charge in [0.2, 0.25) is 0 Å². The molecule has 27 heavy (non-hydrogen) atoms. The van der Waals surface area contributed by atoms with Crippen molar-refractivity contribution in [3.05, 3.63) is 64.5 Å². The van der Waals surface area contributed by atoms with Crippen LogP contribution in [-0.2, 0) is 20.1 Å². The lowest BCUT2D eigenvalue weighted by Gasteiger charge is -2.15. The van der Waals surface area contributed by atoms with Gasteiger partial charge in [-0.1, -0.05) is 29.8 Å². The van der Waals surface area contributed by atoms with E-state index >= 15 is 0 Å². The van der Waals surface area contributed by atoms with Crippen molar-refractivity contribution in [2.45, 2.75) is 26.0 Å². The van der Waals surface area contributed by atoms with Crippen LogP contribution in [0.1, 0.15) is 30.2 Å². The van der Waals surface area contributed by atoms with Gasteiger partial charge >= 0.3 is 0 Å². The van der Waals surface area contributed by atoms with Gasteiger partial charge in [0.1, 0.15) is 5.76 Å². The van der Waals surface area contributed by atoms with Gasteiger partial charge in [-0.2, -0.15) is 0 Å². The first-order valence-electron chi connectivity index (χ1n) is 9.02. The maximum atomic E-state index is 13.0. The second-order valence-corrected chi connectivity index (χ2v) is 7.24. The second kappa shape index (κ2) is 9.06. The van der Waals surface area contributed by atoms with Crippen molar-refractivity contribution < 1.29 is 18.7 Å². The van der Waals surface area contributed by atoms with Crippen LogP contribution in [0.4, 0.5) is 0 Å². The largest absolute Gasteiger partial charge is 0.468 e. The van der Waals surface area contributed by atoms with Gasteiger partial charge in [0, 0.05) is 19.8 Å². The molecule has 6 heteroatoms. The fraction of sp³-hybridized carbons (Fsp3) is 0.333. The summed E-state index contributed by atoms with van der Waals surface area (Å²) in [7, 11) is 0. The van der Waals surface area contributed by atoms with Crippen LogP contribution in [0.2, 0.25) is 0 Å². The number of benzene rings is 1. The molecule has 0 radical (unpaired) electrons. The van der Waals surface area contributed by atoms with Gasteiger partial charge in [-0.05, 0) is 38.0 Å². The Labute approximate surface area is 163 Å². The van der Waals surface area contributed by atoms with Gasteiger partial charge in [-0.3, -0.25) is 14.5 Å². The van der Waals surface area contributed by atoms with E-state index in [9.17, 15) is 9.59 Å². The zero-order valence-electron chi connectivity index (χ0n) is 15.6. The predicted molar refractivity (Wildman–Crippen MR) is 106 cm³/mol. The normalized spacial score (nSPS) is 14.5. The molecule has 0 unspecified atom stereocenters. The molecule has 0 saturated heterocycles. The van der Waals surface area contributed by atoms with Gasteiger partial charge in [0.05, 0.1) is 22.5 Å². The highest BCUT2D eigenvalue weighted by molar-refractivity contribution is 8.03. The Morgan fingerprint density at radius 2 is 1.89 bits per heavy atom. The van der Waals surface area contributed by atoms with Crippen LogP contribution in [0.5, 0.6) is 0 Å². The number of carbonyl (C=O) groups is 2. The molecule has 0 N–H and O–H groups in total. The molecule has 1 aliphatic rings. The number of amides is 2. The number of carbonyl (C=O) groups excluding carboxylic acids is 2. The summed E-state index contributed by atoms with van der Waals surface area (Å²) in [5, 5.41) is 0. The van der Waals surface area contributed by atoms with E-state index in [1.54, 1.807) is 6.26 Å². The highest BCUT2D eigenvalue weighted by atomic mass is 32.2. The van der Waals surface area contributed by atoms with Crippen molar-refractivity contribution in [2.24, 2.45) is 0 Å². The molecule has 0 saturated carbocycles. The third-order valence-corrected chi connectivity index (χ3v) is 5.38. The molecule has 3 rings (SSSR count). The number of hydrogen-bond donors (Lipinski definition) is 0. The molecule has 0 aliphatic carbocycles. The number of ether oxygens (including phenoxy) is 1.